The number of benzene rings is 1. The number of urea groups is 1. The topological polar surface area (TPSA) is 70.6 Å². The Hall–Kier alpha value is -1.75. The van der Waals surface area contributed by atoms with Crippen molar-refractivity contribution in [2.24, 2.45) is 5.41 Å². The summed E-state index contributed by atoms with van der Waals surface area (Å²) in [5.41, 5.74) is 0.807. The second-order valence-electron chi connectivity index (χ2n) is 6.97. The number of amides is 2. The molecular formula is C18H26N2O3. The highest BCUT2D eigenvalue weighted by atomic mass is 16.5. The van der Waals surface area contributed by atoms with E-state index < -0.39 is 0 Å². The van der Waals surface area contributed by atoms with Gasteiger partial charge in [0.05, 0.1) is 18.8 Å². The lowest BCUT2D eigenvalue weighted by molar-refractivity contribution is 0.00303. The molecule has 1 aromatic carbocycles. The van der Waals surface area contributed by atoms with Gasteiger partial charge in [0.2, 0.25) is 0 Å². The zero-order chi connectivity index (χ0) is 16.3. The number of nitrogens with one attached hydrogen (secondary N) is 2. The van der Waals surface area contributed by atoms with Crippen molar-refractivity contribution in [1.29, 1.82) is 0 Å². The average Bonchev–Trinajstić information content (AvgIpc) is 2.56. The Morgan fingerprint density at radius 2 is 2.17 bits per heavy atom. The Morgan fingerprint density at radius 3 is 3.00 bits per heavy atom. The Morgan fingerprint density at radius 1 is 1.35 bits per heavy atom. The molecule has 0 aromatic heterocycles. The van der Waals surface area contributed by atoms with Crippen molar-refractivity contribution in [3.05, 3.63) is 29.8 Å². The SMILES string of the molecule is CC1(CNC(=O)NC2CCOc3ccccc32)CCCCC1O. The Labute approximate surface area is 137 Å². The van der Waals surface area contributed by atoms with Crippen molar-refractivity contribution >= 4 is 6.03 Å². The van der Waals surface area contributed by atoms with Crippen molar-refractivity contribution in [2.45, 2.75) is 51.2 Å². The standard InChI is InChI=1S/C18H26N2O3/c1-18(10-5-4-8-16(18)21)12-19-17(22)20-14-9-11-23-15-7-3-2-6-13(14)15/h2-3,6-7,14,16,21H,4-5,8-12H2,1H3,(H2,19,20,22). The van der Waals surface area contributed by atoms with Gasteiger partial charge in [0, 0.05) is 23.9 Å². The maximum Gasteiger partial charge on any atom is 0.315 e. The predicted molar refractivity (Wildman–Crippen MR) is 88.4 cm³/mol. The Kier molecular flexibility index (Phi) is 4.76. The monoisotopic (exact) mass is 318 g/mol. The van der Waals surface area contributed by atoms with Crippen molar-refractivity contribution in [1.82, 2.24) is 10.6 Å². The number of aliphatic hydroxyl groups excluding tert-OH is 1. The first kappa shape index (κ1) is 16.1. The number of para-hydroxylation sites is 1. The fourth-order valence-corrected chi connectivity index (χ4v) is 3.57. The zero-order valence-corrected chi connectivity index (χ0v) is 13.7. The maximum absolute atomic E-state index is 12.3. The van der Waals surface area contributed by atoms with Crippen molar-refractivity contribution in [3.8, 4) is 5.75 Å². The van der Waals surface area contributed by atoms with Gasteiger partial charge in [-0.3, -0.25) is 0 Å². The molecule has 5 nitrogen and oxygen atoms in total. The number of carbonyl (C=O) groups is 1. The molecule has 3 atom stereocenters. The lowest BCUT2D eigenvalue weighted by Crippen LogP contribution is -2.48. The molecule has 5 heteroatoms. The molecule has 0 saturated heterocycles. The van der Waals surface area contributed by atoms with Crippen LogP contribution in [0.5, 0.6) is 5.75 Å². The quantitative estimate of drug-likeness (QED) is 0.802. The number of hydrogen-bond donors (Lipinski definition) is 3. The lowest BCUT2D eigenvalue weighted by atomic mass is 9.73. The summed E-state index contributed by atoms with van der Waals surface area (Å²) in [5, 5.41) is 16.2. The zero-order valence-electron chi connectivity index (χ0n) is 13.7. The van der Waals surface area contributed by atoms with Gasteiger partial charge in [-0.15, -0.1) is 0 Å². The van der Waals surface area contributed by atoms with E-state index in [-0.39, 0.29) is 23.6 Å². The summed E-state index contributed by atoms with van der Waals surface area (Å²) in [5.74, 6) is 0.846. The van der Waals surface area contributed by atoms with Crippen LogP contribution in [0.1, 0.15) is 50.6 Å². The summed E-state index contributed by atoms with van der Waals surface area (Å²) in [6.45, 7) is 3.17. The first-order chi connectivity index (χ1) is 11.1. The highest BCUT2D eigenvalue weighted by Crippen LogP contribution is 2.35. The normalized spacial score (nSPS) is 30.0. The summed E-state index contributed by atoms with van der Waals surface area (Å²) in [7, 11) is 0. The summed E-state index contributed by atoms with van der Waals surface area (Å²) >= 11 is 0. The lowest BCUT2D eigenvalue weighted by Gasteiger charge is -2.38. The summed E-state index contributed by atoms with van der Waals surface area (Å²) < 4.78 is 5.62. The third-order valence-electron chi connectivity index (χ3n) is 5.20. The molecule has 2 amide bonds. The second kappa shape index (κ2) is 6.79. The van der Waals surface area contributed by atoms with Crippen LogP contribution >= 0.6 is 0 Å². The second-order valence-corrected chi connectivity index (χ2v) is 6.97. The van der Waals surface area contributed by atoms with E-state index in [0.29, 0.717) is 13.2 Å². The highest BCUT2D eigenvalue weighted by Gasteiger charge is 2.35. The molecule has 126 valence electrons. The van der Waals surface area contributed by atoms with E-state index in [4.69, 9.17) is 4.74 Å². The summed E-state index contributed by atoms with van der Waals surface area (Å²) in [6.07, 6.45) is 4.40. The molecule has 2 aliphatic rings. The van der Waals surface area contributed by atoms with E-state index in [2.05, 4.69) is 17.6 Å². The van der Waals surface area contributed by atoms with E-state index in [1.807, 2.05) is 24.3 Å². The predicted octanol–water partition coefficient (Wildman–Crippen LogP) is 2.75. The van der Waals surface area contributed by atoms with Crippen molar-refractivity contribution in [3.63, 3.8) is 0 Å². The molecule has 1 fully saturated rings. The number of rotatable bonds is 3. The third-order valence-corrected chi connectivity index (χ3v) is 5.20. The van der Waals surface area contributed by atoms with Gasteiger partial charge in [0.15, 0.2) is 0 Å². The molecule has 0 radical (unpaired) electrons. The van der Waals surface area contributed by atoms with Crippen molar-refractivity contribution < 1.29 is 14.6 Å². The van der Waals surface area contributed by atoms with Crippen LogP contribution in [-0.2, 0) is 0 Å². The molecule has 1 aromatic rings. The van der Waals surface area contributed by atoms with Gasteiger partial charge in [0.1, 0.15) is 5.75 Å². The number of fused-ring (bicyclic) bond motifs is 1. The van der Waals surface area contributed by atoms with Gasteiger partial charge in [-0.2, -0.15) is 0 Å². The van der Waals surface area contributed by atoms with Crippen LogP contribution in [0.25, 0.3) is 0 Å². The Bertz CT molecular complexity index is 563. The molecule has 3 unspecified atom stereocenters. The molecule has 1 aliphatic heterocycles. The van der Waals surface area contributed by atoms with Crippen molar-refractivity contribution in [2.75, 3.05) is 13.2 Å². The minimum atomic E-state index is -0.333. The smallest absolute Gasteiger partial charge is 0.315 e. The minimum absolute atomic E-state index is 0.0240. The van der Waals surface area contributed by atoms with Crippen LogP contribution < -0.4 is 15.4 Å². The summed E-state index contributed by atoms with van der Waals surface area (Å²) in [4.78, 5) is 12.3. The molecule has 1 aliphatic carbocycles. The molecule has 1 saturated carbocycles. The maximum atomic E-state index is 12.3. The van der Waals surface area contributed by atoms with E-state index in [9.17, 15) is 9.90 Å². The van der Waals surface area contributed by atoms with Crippen LogP contribution in [0.15, 0.2) is 24.3 Å². The van der Waals surface area contributed by atoms with Crippen LogP contribution in [0.2, 0.25) is 0 Å². The Balaban J connectivity index is 1.56. The molecule has 3 N–H and O–H groups in total. The first-order valence-electron chi connectivity index (χ1n) is 8.53. The minimum Gasteiger partial charge on any atom is -0.493 e. The molecule has 0 spiro atoms. The molecule has 0 bridgehead atoms. The fourth-order valence-electron chi connectivity index (χ4n) is 3.57. The van der Waals surface area contributed by atoms with Gasteiger partial charge in [-0.05, 0) is 18.9 Å². The van der Waals surface area contributed by atoms with E-state index >= 15 is 0 Å². The molecule has 3 rings (SSSR count). The molecule has 23 heavy (non-hydrogen) atoms. The van der Waals surface area contributed by atoms with Crippen LogP contribution in [0.4, 0.5) is 4.79 Å². The highest BCUT2D eigenvalue weighted by molar-refractivity contribution is 5.74. The van der Waals surface area contributed by atoms with E-state index in [1.165, 1.54) is 0 Å². The van der Waals surface area contributed by atoms with E-state index in [0.717, 1.165) is 43.4 Å². The van der Waals surface area contributed by atoms with Gasteiger partial charge < -0.3 is 20.5 Å². The van der Waals surface area contributed by atoms with Gasteiger partial charge in [-0.1, -0.05) is 38.0 Å². The fraction of sp³-hybridized carbons (Fsp3) is 0.611. The van der Waals surface area contributed by atoms with Crippen LogP contribution in [0.3, 0.4) is 0 Å². The summed E-state index contributed by atoms with van der Waals surface area (Å²) in [6, 6.07) is 7.62. The van der Waals surface area contributed by atoms with Crippen LogP contribution in [-0.4, -0.2) is 30.4 Å². The number of aliphatic hydroxyl groups is 1. The molecular weight excluding hydrogens is 292 g/mol. The third kappa shape index (κ3) is 3.61. The van der Waals surface area contributed by atoms with Gasteiger partial charge >= 0.3 is 6.03 Å². The van der Waals surface area contributed by atoms with Gasteiger partial charge in [0.25, 0.3) is 0 Å². The number of carbonyl (C=O) groups excluding carboxylic acids is 1. The number of ether oxygens (including phenoxy) is 1. The first-order valence-corrected chi connectivity index (χ1v) is 8.53. The van der Waals surface area contributed by atoms with Crippen LogP contribution in [0, 0.1) is 5.41 Å². The average molecular weight is 318 g/mol. The number of hydrogen-bond acceptors (Lipinski definition) is 3. The van der Waals surface area contributed by atoms with E-state index in [1.54, 1.807) is 0 Å². The van der Waals surface area contributed by atoms with Gasteiger partial charge in [-0.25, -0.2) is 4.79 Å². The largest absolute Gasteiger partial charge is 0.493 e. The molecule has 1 heterocycles.